The third-order valence-electron chi connectivity index (χ3n) is 2.46. The van der Waals surface area contributed by atoms with Crippen LogP contribution in [0.5, 0.6) is 0 Å². The molecule has 0 unspecified atom stereocenters. The molecule has 0 spiro atoms. The lowest BCUT2D eigenvalue weighted by atomic mass is 10.1. The van der Waals surface area contributed by atoms with Crippen molar-refractivity contribution in [3.63, 3.8) is 0 Å². The highest BCUT2D eigenvalue weighted by molar-refractivity contribution is 9.10. The number of hydrogen-bond donors (Lipinski definition) is 1. The molecule has 4 heteroatoms. The largest absolute Gasteiger partial charge is 0.329 e. The van der Waals surface area contributed by atoms with E-state index in [1.165, 1.54) is 0 Å². The molecule has 0 heterocycles. The van der Waals surface area contributed by atoms with Crippen LogP contribution in [-0.2, 0) is 6.54 Å². The highest BCUT2D eigenvalue weighted by Gasteiger charge is 2.06. The molecule has 2 N–H and O–H groups in total. The summed E-state index contributed by atoms with van der Waals surface area (Å²) in [6.45, 7) is 5.42. The number of nitriles is 1. The van der Waals surface area contributed by atoms with Crippen LogP contribution in [0.1, 0.15) is 18.1 Å². The van der Waals surface area contributed by atoms with Crippen LogP contribution >= 0.6 is 15.9 Å². The smallest absolute Gasteiger partial charge is 0.0991 e. The van der Waals surface area contributed by atoms with E-state index < -0.39 is 0 Å². The summed E-state index contributed by atoms with van der Waals surface area (Å²) in [5.41, 5.74) is 7.38. The first kappa shape index (κ1) is 13.2. The second-order valence-corrected chi connectivity index (χ2v) is 4.43. The lowest BCUT2D eigenvalue weighted by Gasteiger charge is -2.20. The van der Waals surface area contributed by atoms with Crippen molar-refractivity contribution in [1.82, 2.24) is 4.90 Å². The van der Waals surface area contributed by atoms with Gasteiger partial charge in [0.05, 0.1) is 11.6 Å². The number of halogens is 1. The van der Waals surface area contributed by atoms with Gasteiger partial charge in [0.25, 0.3) is 0 Å². The molecule has 1 aromatic rings. The number of hydrogen-bond acceptors (Lipinski definition) is 3. The molecule has 0 atom stereocenters. The Bertz CT molecular complexity index is 384. The minimum Gasteiger partial charge on any atom is -0.329 e. The van der Waals surface area contributed by atoms with E-state index in [1.54, 1.807) is 0 Å². The fraction of sp³-hybridized carbons (Fsp3) is 0.417. The summed E-state index contributed by atoms with van der Waals surface area (Å²) in [4.78, 5) is 2.25. The molecule has 0 amide bonds. The van der Waals surface area contributed by atoms with Crippen LogP contribution in [0.4, 0.5) is 0 Å². The van der Waals surface area contributed by atoms with E-state index in [2.05, 4.69) is 33.8 Å². The summed E-state index contributed by atoms with van der Waals surface area (Å²) in [6, 6.07) is 7.81. The summed E-state index contributed by atoms with van der Waals surface area (Å²) < 4.78 is 1.04. The van der Waals surface area contributed by atoms with Crippen LogP contribution in [0.3, 0.4) is 0 Å². The van der Waals surface area contributed by atoms with Crippen molar-refractivity contribution in [3.05, 3.63) is 33.8 Å². The van der Waals surface area contributed by atoms with Gasteiger partial charge in [0, 0.05) is 24.1 Å². The highest BCUT2D eigenvalue weighted by Crippen LogP contribution is 2.19. The minimum atomic E-state index is 0.656. The van der Waals surface area contributed by atoms with E-state index in [4.69, 9.17) is 11.0 Å². The summed E-state index contributed by atoms with van der Waals surface area (Å²) in [5, 5.41) is 8.85. The van der Waals surface area contributed by atoms with Gasteiger partial charge in [-0.2, -0.15) is 5.26 Å². The molecular formula is C12H16BrN3. The summed E-state index contributed by atoms with van der Waals surface area (Å²) in [5.74, 6) is 0. The average Bonchev–Trinajstić information content (AvgIpc) is 2.31. The fourth-order valence-corrected chi connectivity index (χ4v) is 1.91. The Labute approximate surface area is 105 Å². The topological polar surface area (TPSA) is 53.0 Å². The summed E-state index contributed by atoms with van der Waals surface area (Å²) in [7, 11) is 0. The third-order valence-corrected chi connectivity index (χ3v) is 3.23. The van der Waals surface area contributed by atoms with Crippen molar-refractivity contribution in [2.75, 3.05) is 19.6 Å². The van der Waals surface area contributed by atoms with Crippen LogP contribution < -0.4 is 5.73 Å². The Kier molecular flexibility index (Phi) is 5.47. The first-order valence-corrected chi connectivity index (χ1v) is 6.11. The monoisotopic (exact) mass is 281 g/mol. The van der Waals surface area contributed by atoms with Crippen LogP contribution in [0, 0.1) is 11.3 Å². The Balaban J connectivity index is 2.82. The molecule has 0 saturated carbocycles. The molecule has 1 aromatic carbocycles. The van der Waals surface area contributed by atoms with Crippen molar-refractivity contribution in [3.8, 4) is 6.07 Å². The third kappa shape index (κ3) is 3.60. The Morgan fingerprint density at radius 2 is 2.25 bits per heavy atom. The SMILES string of the molecule is CCN(CCN)Cc1cc(C#N)ccc1Br. The number of likely N-dealkylation sites (N-methyl/N-ethyl adjacent to an activating group) is 1. The first-order chi connectivity index (χ1) is 7.71. The van der Waals surface area contributed by atoms with Gasteiger partial charge in [-0.25, -0.2) is 0 Å². The molecule has 0 aliphatic carbocycles. The van der Waals surface area contributed by atoms with Gasteiger partial charge in [-0.3, -0.25) is 4.90 Å². The van der Waals surface area contributed by atoms with Crippen molar-refractivity contribution < 1.29 is 0 Å². The van der Waals surface area contributed by atoms with Gasteiger partial charge in [0.1, 0.15) is 0 Å². The highest BCUT2D eigenvalue weighted by atomic mass is 79.9. The van der Waals surface area contributed by atoms with Crippen molar-refractivity contribution in [2.24, 2.45) is 5.73 Å². The van der Waals surface area contributed by atoms with Crippen LogP contribution in [0.15, 0.2) is 22.7 Å². The van der Waals surface area contributed by atoms with Gasteiger partial charge in [-0.15, -0.1) is 0 Å². The number of benzene rings is 1. The minimum absolute atomic E-state index is 0.656. The number of rotatable bonds is 5. The van der Waals surface area contributed by atoms with Gasteiger partial charge in [0.15, 0.2) is 0 Å². The zero-order chi connectivity index (χ0) is 12.0. The van der Waals surface area contributed by atoms with Crippen LogP contribution in [0.2, 0.25) is 0 Å². The fourth-order valence-electron chi connectivity index (χ4n) is 1.54. The Morgan fingerprint density at radius 1 is 1.50 bits per heavy atom. The number of nitrogens with two attached hydrogens (primary N) is 1. The molecule has 1 rings (SSSR count). The van der Waals surface area contributed by atoms with Crippen molar-refractivity contribution in [1.29, 1.82) is 5.26 Å². The maximum atomic E-state index is 8.85. The first-order valence-electron chi connectivity index (χ1n) is 5.32. The molecule has 3 nitrogen and oxygen atoms in total. The second-order valence-electron chi connectivity index (χ2n) is 3.58. The Hall–Kier alpha value is -0.890. The molecule has 0 aliphatic heterocycles. The standard InChI is InChI=1S/C12H16BrN3/c1-2-16(6-5-14)9-11-7-10(8-15)3-4-12(11)13/h3-4,7H,2,5-6,9,14H2,1H3. The zero-order valence-electron chi connectivity index (χ0n) is 9.41. The quantitative estimate of drug-likeness (QED) is 0.899. The van der Waals surface area contributed by atoms with E-state index in [0.29, 0.717) is 12.1 Å². The zero-order valence-corrected chi connectivity index (χ0v) is 11.0. The average molecular weight is 282 g/mol. The second kappa shape index (κ2) is 6.64. The molecule has 0 aromatic heterocycles. The van der Waals surface area contributed by atoms with Gasteiger partial charge >= 0.3 is 0 Å². The number of nitrogens with zero attached hydrogens (tertiary/aromatic N) is 2. The van der Waals surface area contributed by atoms with E-state index in [0.717, 1.165) is 29.7 Å². The predicted molar refractivity (Wildman–Crippen MR) is 68.9 cm³/mol. The lowest BCUT2D eigenvalue weighted by molar-refractivity contribution is 0.287. The molecule has 0 fully saturated rings. The molecule has 0 radical (unpaired) electrons. The molecule has 16 heavy (non-hydrogen) atoms. The van der Waals surface area contributed by atoms with E-state index >= 15 is 0 Å². The normalized spacial score (nSPS) is 10.4. The van der Waals surface area contributed by atoms with Gasteiger partial charge in [-0.05, 0) is 30.3 Å². The van der Waals surface area contributed by atoms with Gasteiger partial charge < -0.3 is 5.73 Å². The van der Waals surface area contributed by atoms with Crippen LogP contribution in [0.25, 0.3) is 0 Å². The molecule has 0 bridgehead atoms. The maximum absolute atomic E-state index is 8.85. The van der Waals surface area contributed by atoms with E-state index in [1.807, 2.05) is 18.2 Å². The van der Waals surface area contributed by atoms with Gasteiger partial charge in [0.2, 0.25) is 0 Å². The molecule has 86 valence electrons. The maximum Gasteiger partial charge on any atom is 0.0991 e. The summed E-state index contributed by atoms with van der Waals surface area (Å²) >= 11 is 3.50. The van der Waals surface area contributed by atoms with Crippen LogP contribution in [-0.4, -0.2) is 24.5 Å². The molecular weight excluding hydrogens is 266 g/mol. The predicted octanol–water partition coefficient (Wildman–Crippen LogP) is 2.10. The van der Waals surface area contributed by atoms with E-state index in [-0.39, 0.29) is 0 Å². The van der Waals surface area contributed by atoms with Gasteiger partial charge in [-0.1, -0.05) is 22.9 Å². The molecule has 0 aliphatic rings. The van der Waals surface area contributed by atoms with E-state index in [9.17, 15) is 0 Å². The summed E-state index contributed by atoms with van der Waals surface area (Å²) in [6.07, 6.45) is 0. The molecule has 0 saturated heterocycles. The van der Waals surface area contributed by atoms with Crippen molar-refractivity contribution >= 4 is 15.9 Å². The van der Waals surface area contributed by atoms with Crippen molar-refractivity contribution in [2.45, 2.75) is 13.5 Å². The lowest BCUT2D eigenvalue weighted by Crippen LogP contribution is -2.28. The Morgan fingerprint density at radius 3 is 2.81 bits per heavy atom.